The summed E-state index contributed by atoms with van der Waals surface area (Å²) in [5.41, 5.74) is 2.65. The number of Topliss-reactive ketones (excluding diaryl/α,β-unsaturated/α-hetero) is 3. The van der Waals surface area contributed by atoms with Crippen molar-refractivity contribution in [2.24, 2.45) is 5.41 Å². The Balaban J connectivity index is 1.58. The highest BCUT2D eigenvalue weighted by Crippen LogP contribution is 2.62. The molecule has 0 radical (unpaired) electrons. The number of aryl methyl sites for hydroxylation is 1. The lowest BCUT2D eigenvalue weighted by Gasteiger charge is -2.37. The lowest BCUT2D eigenvalue weighted by atomic mass is 9.64. The smallest absolute Gasteiger partial charge is 0.185 e. The van der Waals surface area contributed by atoms with Crippen molar-refractivity contribution in [2.45, 2.75) is 24.9 Å². The molecule has 0 bridgehead atoms. The molecule has 4 aromatic rings. The molecule has 0 amide bonds. The van der Waals surface area contributed by atoms with Gasteiger partial charge in [0.2, 0.25) is 0 Å². The normalized spacial score (nSPS) is 21.0. The number of para-hydroxylation sites is 1. The van der Waals surface area contributed by atoms with Crippen LogP contribution in [-0.4, -0.2) is 43.7 Å². The molecule has 4 aromatic carbocycles. The van der Waals surface area contributed by atoms with Gasteiger partial charge in [0, 0.05) is 38.9 Å². The van der Waals surface area contributed by atoms with Crippen LogP contribution in [0.4, 0.5) is 5.69 Å². The minimum absolute atomic E-state index is 0.204. The highest BCUT2D eigenvalue weighted by molar-refractivity contribution is 6.33. The molecule has 0 saturated carbocycles. The molecule has 1 spiro atoms. The number of nitrogens with zero attached hydrogens (tertiary/aromatic N) is 1. The molecule has 1 fully saturated rings. The van der Waals surface area contributed by atoms with Crippen molar-refractivity contribution >= 4 is 40.7 Å². The van der Waals surface area contributed by atoms with Gasteiger partial charge in [-0.05, 0) is 36.8 Å². The van der Waals surface area contributed by atoms with Gasteiger partial charge in [-0.15, -0.1) is 0 Å². The maximum Gasteiger partial charge on any atom is 0.185 e. The molecular weight excluding hydrogens is 562 g/mol. The molecular formula is C36H28ClNO5. The lowest BCUT2D eigenvalue weighted by Crippen LogP contribution is -2.48. The Morgan fingerprint density at radius 2 is 1.56 bits per heavy atom. The van der Waals surface area contributed by atoms with E-state index >= 15 is 0 Å². The average Bonchev–Trinajstić information content (AvgIpc) is 3.46. The predicted molar refractivity (Wildman–Crippen MR) is 166 cm³/mol. The standard InChI is InChI=1S/C36H28ClNO5/c1-20-11-13-21(14-12-20)32(39)31-30(26-9-6-10-28(42-2)33(26)43-3)36(34(40)24-7-4-5-8-25(24)35(36)41)29-18-15-22-19-23(37)16-17-27(22)38(29)31/h4-19,29-31H,1-3H3. The van der Waals surface area contributed by atoms with Crippen LogP contribution in [-0.2, 0) is 0 Å². The molecule has 3 atom stereocenters. The van der Waals surface area contributed by atoms with Crippen molar-refractivity contribution in [3.05, 3.63) is 129 Å². The number of anilines is 1. The van der Waals surface area contributed by atoms with Gasteiger partial charge in [-0.2, -0.15) is 0 Å². The third-order valence-corrected chi connectivity index (χ3v) is 9.37. The van der Waals surface area contributed by atoms with E-state index in [-0.39, 0.29) is 17.3 Å². The summed E-state index contributed by atoms with van der Waals surface area (Å²) in [5, 5.41) is 0.545. The predicted octanol–water partition coefficient (Wildman–Crippen LogP) is 6.98. The number of methoxy groups -OCH3 is 2. The van der Waals surface area contributed by atoms with Crippen LogP contribution in [0, 0.1) is 12.3 Å². The molecule has 3 unspecified atom stereocenters. The number of rotatable bonds is 5. The van der Waals surface area contributed by atoms with Crippen LogP contribution in [0.25, 0.3) is 6.08 Å². The summed E-state index contributed by atoms with van der Waals surface area (Å²) in [7, 11) is 3.06. The zero-order chi connectivity index (χ0) is 30.0. The minimum Gasteiger partial charge on any atom is -0.493 e. The number of fused-ring (bicyclic) bond motifs is 5. The molecule has 3 aliphatic rings. The summed E-state index contributed by atoms with van der Waals surface area (Å²) in [5.74, 6) is -0.912. The number of ether oxygens (including phenoxy) is 2. The fourth-order valence-corrected chi connectivity index (χ4v) is 7.52. The fraction of sp³-hybridized carbons (Fsp3) is 0.194. The monoisotopic (exact) mass is 589 g/mol. The topological polar surface area (TPSA) is 72.9 Å². The van der Waals surface area contributed by atoms with Crippen molar-refractivity contribution in [3.8, 4) is 11.5 Å². The van der Waals surface area contributed by atoms with Gasteiger partial charge >= 0.3 is 0 Å². The SMILES string of the molecule is COc1cccc(C2C(C(=O)c3ccc(C)cc3)N3c4ccc(Cl)cc4C=CC3C23C(=O)c2ccccc2C3=O)c1OC. The van der Waals surface area contributed by atoms with E-state index in [9.17, 15) is 14.4 Å². The third-order valence-electron chi connectivity index (χ3n) is 9.14. The molecule has 1 aliphatic carbocycles. The number of benzene rings is 4. The molecule has 0 aromatic heterocycles. The number of halogens is 1. The summed E-state index contributed by atoms with van der Waals surface area (Å²) in [6.45, 7) is 1.96. The first-order chi connectivity index (χ1) is 20.8. The fourth-order valence-electron chi connectivity index (χ4n) is 7.34. The first-order valence-electron chi connectivity index (χ1n) is 14.1. The van der Waals surface area contributed by atoms with Gasteiger partial charge in [0.05, 0.1) is 20.3 Å². The van der Waals surface area contributed by atoms with Gasteiger partial charge in [0.15, 0.2) is 28.8 Å². The van der Waals surface area contributed by atoms with Gasteiger partial charge < -0.3 is 14.4 Å². The molecule has 1 saturated heterocycles. The quantitative estimate of drug-likeness (QED) is 0.185. The van der Waals surface area contributed by atoms with Crippen LogP contribution in [0.15, 0.2) is 91.0 Å². The second kappa shape index (κ2) is 9.96. The number of carbonyl (C=O) groups excluding carboxylic acids is 3. The largest absolute Gasteiger partial charge is 0.493 e. The van der Waals surface area contributed by atoms with Gasteiger partial charge in [-0.1, -0.05) is 90.0 Å². The van der Waals surface area contributed by atoms with Crippen molar-refractivity contribution in [3.63, 3.8) is 0 Å². The van der Waals surface area contributed by atoms with Crippen LogP contribution in [0.3, 0.4) is 0 Å². The Morgan fingerprint density at radius 3 is 2.21 bits per heavy atom. The first kappa shape index (κ1) is 27.2. The molecule has 43 heavy (non-hydrogen) atoms. The number of ketones is 3. The zero-order valence-electron chi connectivity index (χ0n) is 23.8. The maximum atomic E-state index is 14.9. The van der Waals surface area contributed by atoms with E-state index in [0.717, 1.165) is 16.8 Å². The number of hydrogen-bond acceptors (Lipinski definition) is 6. The lowest BCUT2D eigenvalue weighted by molar-refractivity contribution is 0.0664. The van der Waals surface area contributed by atoms with Gasteiger partial charge in [0.1, 0.15) is 11.5 Å². The van der Waals surface area contributed by atoms with Crippen molar-refractivity contribution < 1.29 is 23.9 Å². The second-order valence-electron chi connectivity index (χ2n) is 11.2. The Labute approximate surface area is 254 Å². The summed E-state index contributed by atoms with van der Waals surface area (Å²) >= 11 is 6.40. The zero-order valence-corrected chi connectivity index (χ0v) is 24.6. The summed E-state index contributed by atoms with van der Waals surface area (Å²) in [6.07, 6.45) is 3.77. The Bertz CT molecular complexity index is 1830. The molecule has 0 N–H and O–H groups in total. The summed E-state index contributed by atoms with van der Waals surface area (Å²) < 4.78 is 11.6. The van der Waals surface area contributed by atoms with Gasteiger partial charge in [0.25, 0.3) is 0 Å². The molecule has 7 rings (SSSR count). The first-order valence-corrected chi connectivity index (χ1v) is 14.5. The van der Waals surface area contributed by atoms with E-state index in [1.165, 1.54) is 14.2 Å². The average molecular weight is 590 g/mol. The van der Waals surface area contributed by atoms with Crippen LogP contribution in [0.5, 0.6) is 11.5 Å². The van der Waals surface area contributed by atoms with Crippen molar-refractivity contribution in [1.29, 1.82) is 0 Å². The van der Waals surface area contributed by atoms with Crippen molar-refractivity contribution in [1.82, 2.24) is 0 Å². The Hall–Kier alpha value is -4.68. The van der Waals surface area contributed by atoms with Gasteiger partial charge in [-0.3, -0.25) is 14.4 Å². The Morgan fingerprint density at radius 1 is 0.860 bits per heavy atom. The molecule has 214 valence electrons. The maximum absolute atomic E-state index is 14.9. The summed E-state index contributed by atoms with van der Waals surface area (Å²) in [4.78, 5) is 46.5. The van der Waals surface area contributed by atoms with Crippen LogP contribution >= 0.6 is 11.6 Å². The molecule has 2 heterocycles. The molecule has 2 aliphatic heterocycles. The van der Waals surface area contributed by atoms with E-state index in [4.69, 9.17) is 21.1 Å². The highest BCUT2D eigenvalue weighted by Gasteiger charge is 2.72. The van der Waals surface area contributed by atoms with Gasteiger partial charge in [-0.25, -0.2) is 0 Å². The second-order valence-corrected chi connectivity index (χ2v) is 11.7. The number of carbonyl (C=O) groups is 3. The van der Waals surface area contributed by atoms with Crippen LogP contribution < -0.4 is 14.4 Å². The van der Waals surface area contributed by atoms with E-state index in [0.29, 0.717) is 38.8 Å². The van der Waals surface area contributed by atoms with E-state index in [2.05, 4.69) is 0 Å². The van der Waals surface area contributed by atoms with Crippen molar-refractivity contribution in [2.75, 3.05) is 19.1 Å². The highest BCUT2D eigenvalue weighted by atomic mass is 35.5. The van der Waals surface area contributed by atoms with E-state index < -0.39 is 23.4 Å². The summed E-state index contributed by atoms with van der Waals surface area (Å²) in [6, 6.07) is 23.5. The molecule has 6 nitrogen and oxygen atoms in total. The molecule has 7 heteroatoms. The third kappa shape index (κ3) is 3.69. The minimum atomic E-state index is -1.65. The number of hydrogen-bond donors (Lipinski definition) is 0. The Kier molecular flexibility index (Phi) is 6.29. The van der Waals surface area contributed by atoms with E-state index in [1.807, 2.05) is 54.3 Å². The van der Waals surface area contributed by atoms with Crippen LogP contribution in [0.2, 0.25) is 5.02 Å². The van der Waals surface area contributed by atoms with E-state index in [1.54, 1.807) is 54.6 Å². The van der Waals surface area contributed by atoms with Crippen LogP contribution in [0.1, 0.15) is 53.7 Å².